The monoisotopic (exact) mass is 302 g/mol. The first kappa shape index (κ1) is 13.9. The molecule has 0 aliphatic rings. The average molecular weight is 302 g/mol. The molecule has 7 heteroatoms. The predicted octanol–water partition coefficient (Wildman–Crippen LogP) is 2.88. The Hall–Kier alpha value is -2.02. The van der Waals surface area contributed by atoms with Crippen LogP contribution >= 0.6 is 11.3 Å². The molecule has 3 aromatic heterocycles. The van der Waals surface area contributed by atoms with Crippen molar-refractivity contribution in [3.63, 3.8) is 0 Å². The Bertz CT molecular complexity index is 745. The van der Waals surface area contributed by atoms with Crippen LogP contribution in [0.5, 0.6) is 0 Å². The summed E-state index contributed by atoms with van der Waals surface area (Å²) >= 11 is 1.68. The van der Waals surface area contributed by atoms with E-state index in [4.69, 9.17) is 0 Å². The molecule has 0 radical (unpaired) electrons. The summed E-state index contributed by atoms with van der Waals surface area (Å²) in [5, 5.41) is 19.2. The fourth-order valence-electron chi connectivity index (χ4n) is 2.02. The van der Waals surface area contributed by atoms with Crippen LogP contribution in [0.3, 0.4) is 0 Å². The Morgan fingerprint density at radius 3 is 2.95 bits per heavy atom. The van der Waals surface area contributed by atoms with Gasteiger partial charge in [0.25, 0.3) is 0 Å². The zero-order chi connectivity index (χ0) is 14.8. The molecule has 0 amide bonds. The maximum absolute atomic E-state index is 4.57. The average Bonchev–Trinajstić information content (AvgIpc) is 3.13. The number of anilines is 1. The molecule has 21 heavy (non-hydrogen) atoms. The standard InChI is InChI=1S/C14H18N6S/c1-4-10-7-21-13(17-10)6-15-12-5-11(9(2)3)19-20-8-16-18-14(12)20/h5,7-9,15H,4,6H2,1-3H3. The Morgan fingerprint density at radius 1 is 1.38 bits per heavy atom. The van der Waals surface area contributed by atoms with E-state index in [0.717, 1.165) is 34.2 Å². The molecule has 0 aliphatic heterocycles. The van der Waals surface area contributed by atoms with Crippen molar-refractivity contribution in [1.82, 2.24) is 24.8 Å². The third-order valence-electron chi connectivity index (χ3n) is 3.27. The summed E-state index contributed by atoms with van der Waals surface area (Å²) < 4.78 is 1.72. The van der Waals surface area contributed by atoms with E-state index in [-0.39, 0.29) is 0 Å². The first-order valence-corrected chi connectivity index (χ1v) is 7.93. The maximum atomic E-state index is 4.57. The van der Waals surface area contributed by atoms with Gasteiger partial charge in [0.1, 0.15) is 11.3 Å². The molecule has 3 heterocycles. The van der Waals surface area contributed by atoms with E-state index in [0.29, 0.717) is 12.5 Å². The van der Waals surface area contributed by atoms with E-state index in [1.54, 1.807) is 22.2 Å². The van der Waals surface area contributed by atoms with E-state index in [1.807, 2.05) is 6.07 Å². The second-order valence-corrected chi connectivity index (χ2v) is 6.12. The van der Waals surface area contributed by atoms with Crippen molar-refractivity contribution in [1.29, 1.82) is 0 Å². The third kappa shape index (κ3) is 2.87. The van der Waals surface area contributed by atoms with Gasteiger partial charge >= 0.3 is 0 Å². The Balaban J connectivity index is 1.86. The van der Waals surface area contributed by atoms with Gasteiger partial charge in [-0.25, -0.2) is 4.98 Å². The number of thiazole rings is 1. The van der Waals surface area contributed by atoms with Crippen molar-refractivity contribution < 1.29 is 0 Å². The smallest absolute Gasteiger partial charge is 0.200 e. The van der Waals surface area contributed by atoms with Crippen LogP contribution in [0.15, 0.2) is 17.8 Å². The van der Waals surface area contributed by atoms with E-state index < -0.39 is 0 Å². The van der Waals surface area contributed by atoms with Crippen LogP contribution in [-0.4, -0.2) is 24.8 Å². The topological polar surface area (TPSA) is 68.0 Å². The van der Waals surface area contributed by atoms with Crippen LogP contribution in [-0.2, 0) is 13.0 Å². The van der Waals surface area contributed by atoms with Gasteiger partial charge in [0.05, 0.1) is 23.6 Å². The van der Waals surface area contributed by atoms with Gasteiger partial charge in [0.15, 0.2) is 0 Å². The van der Waals surface area contributed by atoms with Gasteiger partial charge in [-0.2, -0.15) is 9.61 Å². The summed E-state index contributed by atoms with van der Waals surface area (Å²) in [4.78, 5) is 4.57. The van der Waals surface area contributed by atoms with Crippen molar-refractivity contribution in [3.8, 4) is 0 Å². The summed E-state index contributed by atoms with van der Waals surface area (Å²) in [5.74, 6) is 0.351. The second kappa shape index (κ2) is 5.77. The summed E-state index contributed by atoms with van der Waals surface area (Å²) in [5.41, 5.74) is 3.84. The van der Waals surface area contributed by atoms with Gasteiger partial charge in [-0.05, 0) is 18.4 Å². The molecule has 0 unspecified atom stereocenters. The highest BCUT2D eigenvalue weighted by atomic mass is 32.1. The molecule has 0 fully saturated rings. The number of hydrogen-bond donors (Lipinski definition) is 1. The predicted molar refractivity (Wildman–Crippen MR) is 83.7 cm³/mol. The minimum Gasteiger partial charge on any atom is -0.375 e. The molecule has 0 spiro atoms. The molecule has 0 aromatic carbocycles. The van der Waals surface area contributed by atoms with E-state index in [9.17, 15) is 0 Å². The highest BCUT2D eigenvalue weighted by molar-refractivity contribution is 7.09. The lowest BCUT2D eigenvalue weighted by molar-refractivity contribution is 0.762. The van der Waals surface area contributed by atoms with Crippen LogP contribution in [0.1, 0.15) is 43.1 Å². The third-order valence-corrected chi connectivity index (χ3v) is 4.17. The molecular formula is C14H18N6S. The maximum Gasteiger partial charge on any atom is 0.200 e. The zero-order valence-corrected chi connectivity index (χ0v) is 13.2. The number of aromatic nitrogens is 5. The van der Waals surface area contributed by atoms with Gasteiger partial charge in [0.2, 0.25) is 5.65 Å². The van der Waals surface area contributed by atoms with Gasteiger partial charge in [-0.3, -0.25) is 0 Å². The van der Waals surface area contributed by atoms with Gasteiger partial charge in [-0.15, -0.1) is 21.5 Å². The van der Waals surface area contributed by atoms with E-state index in [2.05, 4.69) is 51.7 Å². The fraction of sp³-hybridized carbons (Fsp3) is 0.429. The minimum atomic E-state index is 0.351. The molecule has 1 N–H and O–H groups in total. The molecule has 0 aliphatic carbocycles. The van der Waals surface area contributed by atoms with E-state index in [1.165, 1.54) is 0 Å². The largest absolute Gasteiger partial charge is 0.375 e. The van der Waals surface area contributed by atoms with Crippen molar-refractivity contribution in [2.75, 3.05) is 5.32 Å². The molecule has 6 nitrogen and oxygen atoms in total. The van der Waals surface area contributed by atoms with Crippen molar-refractivity contribution in [2.45, 2.75) is 39.7 Å². The molecule has 0 atom stereocenters. The SMILES string of the molecule is CCc1csc(CNc2cc(C(C)C)nn3cnnc23)n1. The zero-order valence-electron chi connectivity index (χ0n) is 12.4. The first-order chi connectivity index (χ1) is 10.2. The number of aryl methyl sites for hydroxylation is 1. The first-order valence-electron chi connectivity index (χ1n) is 7.05. The van der Waals surface area contributed by atoms with Gasteiger partial charge in [0, 0.05) is 5.38 Å². The summed E-state index contributed by atoms with van der Waals surface area (Å²) in [6, 6.07) is 2.04. The lowest BCUT2D eigenvalue weighted by atomic mass is 10.1. The highest BCUT2D eigenvalue weighted by Crippen LogP contribution is 2.21. The molecule has 110 valence electrons. The van der Waals surface area contributed by atoms with Crippen LogP contribution in [0.25, 0.3) is 5.65 Å². The van der Waals surface area contributed by atoms with Crippen LogP contribution in [0.2, 0.25) is 0 Å². The summed E-state index contributed by atoms with van der Waals surface area (Å²) in [6.07, 6.45) is 2.60. The number of fused-ring (bicyclic) bond motifs is 1. The van der Waals surface area contributed by atoms with Crippen molar-refractivity contribution in [3.05, 3.63) is 34.2 Å². The fourth-order valence-corrected chi connectivity index (χ4v) is 2.84. The van der Waals surface area contributed by atoms with Gasteiger partial charge in [-0.1, -0.05) is 20.8 Å². The minimum absolute atomic E-state index is 0.351. The Labute approximate surface area is 127 Å². The summed E-state index contributed by atoms with van der Waals surface area (Å²) in [6.45, 7) is 7.05. The quantitative estimate of drug-likeness (QED) is 0.785. The lowest BCUT2D eigenvalue weighted by Crippen LogP contribution is -2.06. The van der Waals surface area contributed by atoms with Crippen LogP contribution in [0.4, 0.5) is 5.69 Å². The Morgan fingerprint density at radius 2 is 2.24 bits per heavy atom. The number of hydrogen-bond acceptors (Lipinski definition) is 6. The van der Waals surface area contributed by atoms with Crippen LogP contribution in [0, 0.1) is 0 Å². The number of rotatable bonds is 5. The summed E-state index contributed by atoms with van der Waals surface area (Å²) in [7, 11) is 0. The van der Waals surface area contributed by atoms with Crippen molar-refractivity contribution >= 4 is 22.7 Å². The molecule has 0 saturated heterocycles. The highest BCUT2D eigenvalue weighted by Gasteiger charge is 2.11. The Kier molecular flexibility index (Phi) is 3.83. The van der Waals surface area contributed by atoms with Crippen molar-refractivity contribution in [2.24, 2.45) is 0 Å². The van der Waals surface area contributed by atoms with Crippen LogP contribution < -0.4 is 5.32 Å². The molecule has 3 rings (SSSR count). The number of nitrogens with one attached hydrogen (secondary N) is 1. The lowest BCUT2D eigenvalue weighted by Gasteiger charge is -2.10. The molecule has 0 saturated carbocycles. The normalized spacial score (nSPS) is 11.4. The number of nitrogens with zero attached hydrogens (tertiary/aromatic N) is 5. The van der Waals surface area contributed by atoms with E-state index >= 15 is 0 Å². The molecule has 3 aromatic rings. The van der Waals surface area contributed by atoms with Gasteiger partial charge < -0.3 is 5.32 Å². The molecular weight excluding hydrogens is 284 g/mol. The second-order valence-electron chi connectivity index (χ2n) is 5.18. The molecule has 0 bridgehead atoms.